The number of hydrogen-bond acceptors (Lipinski definition) is 2. The number of aryl methyl sites for hydroxylation is 1. The summed E-state index contributed by atoms with van der Waals surface area (Å²) in [6.45, 7) is 4.11. The van der Waals surface area contributed by atoms with E-state index < -0.39 is 0 Å². The number of pyridine rings is 1. The van der Waals surface area contributed by atoms with E-state index >= 15 is 0 Å². The number of hydrogen-bond donors (Lipinski definition) is 1. The van der Waals surface area contributed by atoms with Crippen LogP contribution >= 0.6 is 0 Å². The van der Waals surface area contributed by atoms with Gasteiger partial charge < -0.3 is 5.11 Å². The molecule has 1 rings (SSSR count). The van der Waals surface area contributed by atoms with Crippen LogP contribution < -0.4 is 0 Å². The van der Waals surface area contributed by atoms with Gasteiger partial charge in [0.05, 0.1) is 6.10 Å². The maximum absolute atomic E-state index is 9.89. The van der Waals surface area contributed by atoms with Crippen LogP contribution in [0.2, 0.25) is 0 Å². The Kier molecular flexibility index (Phi) is 4.60. The first-order valence-electron chi connectivity index (χ1n) is 5.35. The number of rotatable bonds is 5. The fraction of sp³-hybridized carbons (Fsp3) is 0.583. The summed E-state index contributed by atoms with van der Waals surface area (Å²) < 4.78 is 0. The molecule has 0 saturated heterocycles. The number of aliphatic hydroxyl groups is 1. The highest BCUT2D eigenvalue weighted by molar-refractivity contribution is 5.20. The van der Waals surface area contributed by atoms with Gasteiger partial charge in [0.15, 0.2) is 0 Å². The summed E-state index contributed by atoms with van der Waals surface area (Å²) in [6, 6.07) is 3.84. The first kappa shape index (κ1) is 11.2. The molecule has 0 spiro atoms. The maximum atomic E-state index is 9.89. The summed E-state index contributed by atoms with van der Waals surface area (Å²) >= 11 is 0. The SMILES string of the molecule is CCCCCC(O)c1cccnc1C. The summed E-state index contributed by atoms with van der Waals surface area (Å²) in [7, 11) is 0. The Morgan fingerprint density at radius 1 is 1.43 bits per heavy atom. The van der Waals surface area contributed by atoms with E-state index in [1.54, 1.807) is 6.20 Å². The molecule has 1 unspecified atom stereocenters. The van der Waals surface area contributed by atoms with Gasteiger partial charge in [0, 0.05) is 17.5 Å². The molecule has 14 heavy (non-hydrogen) atoms. The minimum Gasteiger partial charge on any atom is -0.388 e. The molecule has 78 valence electrons. The normalized spacial score (nSPS) is 12.8. The zero-order valence-corrected chi connectivity index (χ0v) is 9.03. The smallest absolute Gasteiger partial charge is 0.0807 e. The molecular formula is C12H19NO. The lowest BCUT2D eigenvalue weighted by Gasteiger charge is -2.12. The van der Waals surface area contributed by atoms with E-state index in [1.165, 1.54) is 12.8 Å². The average molecular weight is 193 g/mol. The minimum atomic E-state index is -0.338. The predicted molar refractivity (Wildman–Crippen MR) is 58.1 cm³/mol. The molecule has 0 aromatic carbocycles. The largest absolute Gasteiger partial charge is 0.388 e. The molecule has 0 aliphatic heterocycles. The summed E-state index contributed by atoms with van der Waals surface area (Å²) in [5, 5.41) is 9.89. The van der Waals surface area contributed by atoms with Crippen molar-refractivity contribution in [3.05, 3.63) is 29.6 Å². The van der Waals surface area contributed by atoms with Crippen LogP contribution in [0.1, 0.15) is 50.0 Å². The highest BCUT2D eigenvalue weighted by Crippen LogP contribution is 2.21. The summed E-state index contributed by atoms with van der Waals surface area (Å²) in [6.07, 6.45) is 5.74. The van der Waals surface area contributed by atoms with E-state index in [9.17, 15) is 5.11 Å². The van der Waals surface area contributed by atoms with Crippen LogP contribution in [-0.2, 0) is 0 Å². The monoisotopic (exact) mass is 193 g/mol. The quantitative estimate of drug-likeness (QED) is 0.729. The number of nitrogens with zero attached hydrogens (tertiary/aromatic N) is 1. The van der Waals surface area contributed by atoms with Crippen LogP contribution in [0.5, 0.6) is 0 Å². The van der Waals surface area contributed by atoms with E-state index in [-0.39, 0.29) is 6.10 Å². The Morgan fingerprint density at radius 3 is 2.86 bits per heavy atom. The first-order chi connectivity index (χ1) is 6.75. The Balaban J connectivity index is 2.51. The van der Waals surface area contributed by atoms with E-state index in [4.69, 9.17) is 0 Å². The van der Waals surface area contributed by atoms with Crippen LogP contribution in [-0.4, -0.2) is 10.1 Å². The second-order valence-corrected chi connectivity index (χ2v) is 3.69. The predicted octanol–water partition coefficient (Wildman–Crippen LogP) is 3.00. The van der Waals surface area contributed by atoms with Crippen LogP contribution in [0.25, 0.3) is 0 Å². The number of unbranched alkanes of at least 4 members (excludes halogenated alkanes) is 2. The molecule has 0 fully saturated rings. The fourth-order valence-electron chi connectivity index (χ4n) is 1.59. The van der Waals surface area contributed by atoms with Crippen molar-refractivity contribution in [2.24, 2.45) is 0 Å². The molecule has 1 N–H and O–H groups in total. The van der Waals surface area contributed by atoms with Crippen LogP contribution in [0.4, 0.5) is 0 Å². The zero-order valence-electron chi connectivity index (χ0n) is 9.03. The van der Waals surface area contributed by atoms with Gasteiger partial charge in [-0.1, -0.05) is 32.3 Å². The summed E-state index contributed by atoms with van der Waals surface area (Å²) in [5.74, 6) is 0. The van der Waals surface area contributed by atoms with Gasteiger partial charge in [-0.2, -0.15) is 0 Å². The third-order valence-electron chi connectivity index (χ3n) is 2.49. The van der Waals surface area contributed by atoms with Crippen molar-refractivity contribution in [2.45, 2.75) is 45.6 Å². The highest BCUT2D eigenvalue weighted by atomic mass is 16.3. The Labute approximate surface area is 86.0 Å². The lowest BCUT2D eigenvalue weighted by Crippen LogP contribution is -2.01. The van der Waals surface area contributed by atoms with Gasteiger partial charge >= 0.3 is 0 Å². The number of aliphatic hydroxyl groups excluding tert-OH is 1. The highest BCUT2D eigenvalue weighted by Gasteiger charge is 2.09. The van der Waals surface area contributed by atoms with Crippen LogP contribution in [0, 0.1) is 6.92 Å². The van der Waals surface area contributed by atoms with E-state index in [2.05, 4.69) is 11.9 Å². The van der Waals surface area contributed by atoms with Crippen LogP contribution in [0.3, 0.4) is 0 Å². The summed E-state index contributed by atoms with van der Waals surface area (Å²) in [4.78, 5) is 4.17. The van der Waals surface area contributed by atoms with Crippen molar-refractivity contribution < 1.29 is 5.11 Å². The first-order valence-corrected chi connectivity index (χ1v) is 5.35. The second kappa shape index (κ2) is 5.76. The molecule has 1 heterocycles. The second-order valence-electron chi connectivity index (χ2n) is 3.69. The third kappa shape index (κ3) is 3.11. The van der Waals surface area contributed by atoms with Gasteiger partial charge in [-0.15, -0.1) is 0 Å². The van der Waals surface area contributed by atoms with Crippen molar-refractivity contribution in [3.8, 4) is 0 Å². The molecule has 2 nitrogen and oxygen atoms in total. The molecule has 1 aromatic rings. The standard InChI is InChI=1S/C12H19NO/c1-3-4-5-8-12(14)11-7-6-9-13-10(11)2/h6-7,9,12,14H,3-5,8H2,1-2H3. The lowest BCUT2D eigenvalue weighted by atomic mass is 10.0. The molecule has 0 aliphatic carbocycles. The summed E-state index contributed by atoms with van der Waals surface area (Å²) in [5.41, 5.74) is 1.92. The van der Waals surface area contributed by atoms with E-state index in [0.29, 0.717) is 0 Å². The molecule has 1 aromatic heterocycles. The molecule has 0 radical (unpaired) electrons. The minimum absolute atomic E-state index is 0.338. The van der Waals surface area contributed by atoms with Crippen molar-refractivity contribution in [1.82, 2.24) is 4.98 Å². The zero-order chi connectivity index (χ0) is 10.4. The Bertz CT molecular complexity index is 273. The molecule has 0 aliphatic rings. The Hall–Kier alpha value is -0.890. The molecular weight excluding hydrogens is 174 g/mol. The van der Waals surface area contributed by atoms with E-state index in [1.807, 2.05) is 19.1 Å². The van der Waals surface area contributed by atoms with Gasteiger partial charge in [0.25, 0.3) is 0 Å². The van der Waals surface area contributed by atoms with Gasteiger partial charge in [-0.05, 0) is 19.4 Å². The van der Waals surface area contributed by atoms with Crippen molar-refractivity contribution in [1.29, 1.82) is 0 Å². The third-order valence-corrected chi connectivity index (χ3v) is 2.49. The molecule has 0 amide bonds. The van der Waals surface area contributed by atoms with Crippen molar-refractivity contribution in [3.63, 3.8) is 0 Å². The van der Waals surface area contributed by atoms with Gasteiger partial charge in [-0.25, -0.2) is 0 Å². The van der Waals surface area contributed by atoms with Gasteiger partial charge in [-0.3, -0.25) is 4.98 Å². The molecule has 0 bridgehead atoms. The van der Waals surface area contributed by atoms with Gasteiger partial charge in [0.2, 0.25) is 0 Å². The fourth-order valence-corrected chi connectivity index (χ4v) is 1.59. The number of aromatic nitrogens is 1. The average Bonchev–Trinajstić information content (AvgIpc) is 2.18. The topological polar surface area (TPSA) is 33.1 Å². The van der Waals surface area contributed by atoms with Crippen LogP contribution in [0.15, 0.2) is 18.3 Å². The molecule has 2 heteroatoms. The van der Waals surface area contributed by atoms with Crippen molar-refractivity contribution in [2.75, 3.05) is 0 Å². The van der Waals surface area contributed by atoms with E-state index in [0.717, 1.165) is 24.1 Å². The lowest BCUT2D eigenvalue weighted by molar-refractivity contribution is 0.162. The Morgan fingerprint density at radius 2 is 2.21 bits per heavy atom. The molecule has 1 atom stereocenters. The molecule has 0 saturated carbocycles. The van der Waals surface area contributed by atoms with Gasteiger partial charge in [0.1, 0.15) is 0 Å². The maximum Gasteiger partial charge on any atom is 0.0807 e. The van der Waals surface area contributed by atoms with Crippen molar-refractivity contribution >= 4 is 0 Å².